The minimum atomic E-state index is -0.309. The molecule has 0 heterocycles. The lowest BCUT2D eigenvalue weighted by molar-refractivity contribution is -0.104. The zero-order chi connectivity index (χ0) is 8.69. The van der Waals surface area contributed by atoms with Gasteiger partial charge in [-0.05, 0) is 18.4 Å². The van der Waals surface area contributed by atoms with E-state index in [2.05, 4.69) is 0 Å². The van der Waals surface area contributed by atoms with Gasteiger partial charge in [0.25, 0.3) is 0 Å². The number of aliphatic hydroxyl groups is 1. The Morgan fingerprint density at radius 2 is 2.18 bits per heavy atom. The van der Waals surface area contributed by atoms with E-state index in [-0.39, 0.29) is 6.10 Å². The first kappa shape index (κ1) is 10.4. The van der Waals surface area contributed by atoms with E-state index < -0.39 is 0 Å². The minimum absolute atomic E-state index is 0.309. The Hall–Kier alpha value is -0.630. The standard InChI is InChI=1S/C9H16O2/c1-3-8(2)9(11)6-4-5-7-10/h4-5,7-9,11H,3,6H2,1-2H3. The SMILES string of the molecule is CCC(C)C(O)CC=CC=O. The van der Waals surface area contributed by atoms with Crippen LogP contribution in [0.1, 0.15) is 26.7 Å². The first-order chi connectivity index (χ1) is 5.22. The van der Waals surface area contributed by atoms with Crippen molar-refractivity contribution in [3.05, 3.63) is 12.2 Å². The summed E-state index contributed by atoms with van der Waals surface area (Å²) < 4.78 is 0. The Labute approximate surface area is 67.9 Å². The lowest BCUT2D eigenvalue weighted by Crippen LogP contribution is -2.15. The molecule has 0 spiro atoms. The van der Waals surface area contributed by atoms with Crippen LogP contribution in [0.5, 0.6) is 0 Å². The molecule has 0 aliphatic rings. The van der Waals surface area contributed by atoms with Crippen LogP contribution in [0, 0.1) is 5.92 Å². The van der Waals surface area contributed by atoms with Crippen molar-refractivity contribution < 1.29 is 9.90 Å². The molecule has 2 heteroatoms. The maximum absolute atomic E-state index is 9.86. The number of aldehydes is 1. The molecule has 0 aromatic carbocycles. The van der Waals surface area contributed by atoms with Gasteiger partial charge in [0.2, 0.25) is 0 Å². The molecule has 2 nitrogen and oxygen atoms in total. The smallest absolute Gasteiger partial charge is 0.142 e. The highest BCUT2D eigenvalue weighted by atomic mass is 16.3. The van der Waals surface area contributed by atoms with Crippen molar-refractivity contribution in [2.24, 2.45) is 5.92 Å². The fraction of sp³-hybridized carbons (Fsp3) is 0.667. The van der Waals surface area contributed by atoms with Crippen molar-refractivity contribution in [3.8, 4) is 0 Å². The summed E-state index contributed by atoms with van der Waals surface area (Å²) in [7, 11) is 0. The van der Waals surface area contributed by atoms with E-state index >= 15 is 0 Å². The van der Waals surface area contributed by atoms with Crippen LogP contribution in [-0.2, 0) is 4.79 Å². The van der Waals surface area contributed by atoms with Crippen molar-refractivity contribution in [2.75, 3.05) is 0 Å². The predicted octanol–water partition coefficient (Wildman–Crippen LogP) is 1.54. The summed E-state index contributed by atoms with van der Waals surface area (Å²) in [4.78, 5) is 9.86. The molecule has 0 saturated carbocycles. The van der Waals surface area contributed by atoms with E-state index in [0.717, 1.165) is 12.7 Å². The number of aliphatic hydroxyl groups excluding tert-OH is 1. The third kappa shape index (κ3) is 4.73. The molecule has 1 N–H and O–H groups in total. The number of hydrogen-bond donors (Lipinski definition) is 1. The number of rotatable bonds is 5. The number of carbonyl (C=O) groups is 1. The molecular weight excluding hydrogens is 140 g/mol. The molecule has 0 amide bonds. The van der Waals surface area contributed by atoms with Crippen molar-refractivity contribution in [1.82, 2.24) is 0 Å². The van der Waals surface area contributed by atoms with Crippen LogP contribution < -0.4 is 0 Å². The van der Waals surface area contributed by atoms with Gasteiger partial charge in [0.05, 0.1) is 6.10 Å². The number of hydrogen-bond acceptors (Lipinski definition) is 2. The topological polar surface area (TPSA) is 37.3 Å². The van der Waals surface area contributed by atoms with E-state index in [1.807, 2.05) is 13.8 Å². The molecule has 64 valence electrons. The Bertz CT molecular complexity index is 130. The third-order valence-corrected chi connectivity index (χ3v) is 1.89. The Morgan fingerprint density at radius 1 is 1.55 bits per heavy atom. The van der Waals surface area contributed by atoms with Crippen LogP contribution in [-0.4, -0.2) is 17.5 Å². The van der Waals surface area contributed by atoms with Crippen molar-refractivity contribution in [3.63, 3.8) is 0 Å². The molecule has 0 fully saturated rings. The second kappa shape index (κ2) is 6.10. The van der Waals surface area contributed by atoms with Gasteiger partial charge in [-0.3, -0.25) is 4.79 Å². The largest absolute Gasteiger partial charge is 0.393 e. The fourth-order valence-corrected chi connectivity index (χ4v) is 0.778. The van der Waals surface area contributed by atoms with E-state index in [0.29, 0.717) is 12.3 Å². The van der Waals surface area contributed by atoms with E-state index in [1.165, 1.54) is 6.08 Å². The minimum Gasteiger partial charge on any atom is -0.393 e. The predicted molar refractivity (Wildman–Crippen MR) is 45.3 cm³/mol. The maximum Gasteiger partial charge on any atom is 0.142 e. The van der Waals surface area contributed by atoms with Gasteiger partial charge in [-0.2, -0.15) is 0 Å². The zero-order valence-electron chi connectivity index (χ0n) is 7.16. The fourth-order valence-electron chi connectivity index (χ4n) is 0.778. The average Bonchev–Trinajstić information content (AvgIpc) is 2.03. The Kier molecular flexibility index (Phi) is 5.75. The van der Waals surface area contributed by atoms with E-state index in [9.17, 15) is 9.90 Å². The Morgan fingerprint density at radius 3 is 2.64 bits per heavy atom. The van der Waals surface area contributed by atoms with Gasteiger partial charge in [-0.25, -0.2) is 0 Å². The normalized spacial score (nSPS) is 16.6. The van der Waals surface area contributed by atoms with Gasteiger partial charge in [-0.1, -0.05) is 26.3 Å². The van der Waals surface area contributed by atoms with Gasteiger partial charge in [0.1, 0.15) is 6.29 Å². The molecule has 2 unspecified atom stereocenters. The average molecular weight is 156 g/mol. The van der Waals surface area contributed by atoms with Gasteiger partial charge >= 0.3 is 0 Å². The molecule has 0 aliphatic heterocycles. The maximum atomic E-state index is 9.86. The summed E-state index contributed by atoms with van der Waals surface area (Å²) in [5, 5.41) is 9.38. The van der Waals surface area contributed by atoms with Crippen molar-refractivity contribution in [1.29, 1.82) is 0 Å². The van der Waals surface area contributed by atoms with Gasteiger partial charge in [-0.15, -0.1) is 0 Å². The molecule has 0 radical (unpaired) electrons. The van der Waals surface area contributed by atoms with Gasteiger partial charge in [0.15, 0.2) is 0 Å². The quantitative estimate of drug-likeness (QED) is 0.484. The van der Waals surface area contributed by atoms with E-state index in [1.54, 1.807) is 6.08 Å². The summed E-state index contributed by atoms with van der Waals surface area (Å²) in [5.41, 5.74) is 0. The summed E-state index contributed by atoms with van der Waals surface area (Å²) >= 11 is 0. The number of allylic oxidation sites excluding steroid dienone is 1. The highest BCUT2D eigenvalue weighted by Gasteiger charge is 2.09. The number of carbonyl (C=O) groups excluding carboxylic acids is 1. The van der Waals surface area contributed by atoms with Crippen LogP contribution in [0.2, 0.25) is 0 Å². The van der Waals surface area contributed by atoms with Gasteiger partial charge in [0, 0.05) is 0 Å². The summed E-state index contributed by atoms with van der Waals surface area (Å²) in [5.74, 6) is 0.311. The lowest BCUT2D eigenvalue weighted by Gasteiger charge is -2.14. The molecule has 0 aliphatic carbocycles. The summed E-state index contributed by atoms with van der Waals surface area (Å²) in [6, 6.07) is 0. The first-order valence-electron chi connectivity index (χ1n) is 4.00. The zero-order valence-corrected chi connectivity index (χ0v) is 7.16. The molecular formula is C9H16O2. The van der Waals surface area contributed by atoms with Crippen LogP contribution in [0.25, 0.3) is 0 Å². The van der Waals surface area contributed by atoms with Crippen LogP contribution in [0.4, 0.5) is 0 Å². The third-order valence-electron chi connectivity index (χ3n) is 1.89. The molecule has 0 rings (SSSR count). The first-order valence-corrected chi connectivity index (χ1v) is 4.00. The van der Waals surface area contributed by atoms with Crippen molar-refractivity contribution in [2.45, 2.75) is 32.8 Å². The summed E-state index contributed by atoms with van der Waals surface area (Å²) in [6.07, 6.45) is 5.08. The second-order valence-electron chi connectivity index (χ2n) is 2.75. The van der Waals surface area contributed by atoms with Crippen LogP contribution >= 0.6 is 0 Å². The molecule has 0 aromatic rings. The van der Waals surface area contributed by atoms with Crippen LogP contribution in [0.15, 0.2) is 12.2 Å². The monoisotopic (exact) mass is 156 g/mol. The molecule has 11 heavy (non-hydrogen) atoms. The van der Waals surface area contributed by atoms with Crippen molar-refractivity contribution >= 4 is 6.29 Å². The Balaban J connectivity index is 3.58. The highest BCUT2D eigenvalue weighted by molar-refractivity contribution is 5.64. The molecule has 0 saturated heterocycles. The molecule has 0 aromatic heterocycles. The summed E-state index contributed by atoms with van der Waals surface area (Å²) in [6.45, 7) is 4.04. The van der Waals surface area contributed by atoms with E-state index in [4.69, 9.17) is 0 Å². The lowest BCUT2D eigenvalue weighted by atomic mass is 9.99. The van der Waals surface area contributed by atoms with Crippen LogP contribution in [0.3, 0.4) is 0 Å². The molecule has 2 atom stereocenters. The highest BCUT2D eigenvalue weighted by Crippen LogP contribution is 2.10. The molecule has 0 bridgehead atoms. The van der Waals surface area contributed by atoms with Gasteiger partial charge < -0.3 is 5.11 Å². The second-order valence-corrected chi connectivity index (χ2v) is 2.75.